The van der Waals surface area contributed by atoms with Crippen molar-refractivity contribution in [1.29, 1.82) is 5.26 Å². The number of aromatic nitrogens is 1. The maximum absolute atomic E-state index is 12.9. The number of nitrogens with zero attached hydrogens (tertiary/aromatic N) is 3. The van der Waals surface area contributed by atoms with Gasteiger partial charge in [-0.05, 0) is 56.4 Å². The quantitative estimate of drug-likeness (QED) is 0.788. The maximum atomic E-state index is 12.9. The number of hydrogen-bond acceptors (Lipinski definition) is 6. The van der Waals surface area contributed by atoms with Crippen LogP contribution in [-0.2, 0) is 10.0 Å². The van der Waals surface area contributed by atoms with Crippen molar-refractivity contribution < 1.29 is 12.8 Å². The zero-order valence-corrected chi connectivity index (χ0v) is 17.3. The van der Waals surface area contributed by atoms with Gasteiger partial charge in [0, 0.05) is 24.7 Å². The summed E-state index contributed by atoms with van der Waals surface area (Å²) in [7, 11) is -3.50. The molecule has 8 heteroatoms. The number of sulfonamides is 1. The summed E-state index contributed by atoms with van der Waals surface area (Å²) < 4.78 is 33.0. The zero-order chi connectivity index (χ0) is 20.3. The molecule has 2 heterocycles. The highest BCUT2D eigenvalue weighted by molar-refractivity contribution is 7.89. The molecule has 2 aromatic rings. The van der Waals surface area contributed by atoms with Crippen molar-refractivity contribution in [2.24, 2.45) is 5.92 Å². The van der Waals surface area contributed by atoms with Crippen molar-refractivity contribution in [2.75, 3.05) is 18.4 Å². The average molecular weight is 403 g/mol. The number of oxazole rings is 1. The molecule has 28 heavy (non-hydrogen) atoms. The van der Waals surface area contributed by atoms with Crippen LogP contribution in [0.3, 0.4) is 0 Å². The minimum absolute atomic E-state index is 0.146. The van der Waals surface area contributed by atoms with E-state index in [4.69, 9.17) is 4.42 Å². The Hall–Kier alpha value is -2.37. The van der Waals surface area contributed by atoms with Crippen LogP contribution in [-0.4, -0.2) is 36.8 Å². The summed E-state index contributed by atoms with van der Waals surface area (Å²) in [5, 5.41) is 12.4. The highest BCUT2D eigenvalue weighted by Crippen LogP contribution is 2.28. The molecule has 0 spiro atoms. The van der Waals surface area contributed by atoms with Crippen LogP contribution in [0.5, 0.6) is 0 Å². The Bertz CT molecular complexity index is 960. The zero-order valence-electron chi connectivity index (χ0n) is 16.5. The van der Waals surface area contributed by atoms with Gasteiger partial charge in [0.2, 0.25) is 27.5 Å². The number of nitrogens with one attached hydrogen (secondary N) is 1. The number of benzene rings is 1. The predicted molar refractivity (Wildman–Crippen MR) is 107 cm³/mol. The molecule has 1 aromatic carbocycles. The molecule has 0 bridgehead atoms. The van der Waals surface area contributed by atoms with E-state index in [9.17, 15) is 13.7 Å². The maximum Gasteiger partial charge on any atom is 0.243 e. The van der Waals surface area contributed by atoms with E-state index in [0.29, 0.717) is 30.5 Å². The van der Waals surface area contributed by atoms with Crippen LogP contribution in [0.25, 0.3) is 11.5 Å². The molecule has 0 radical (unpaired) electrons. The number of rotatable bonds is 6. The number of anilines is 1. The molecule has 1 aliphatic rings. The third-order valence-corrected chi connectivity index (χ3v) is 6.96. The highest BCUT2D eigenvalue weighted by atomic mass is 32.2. The van der Waals surface area contributed by atoms with Crippen molar-refractivity contribution in [1.82, 2.24) is 9.29 Å². The average Bonchev–Trinajstić information content (AvgIpc) is 3.10. The van der Waals surface area contributed by atoms with Crippen molar-refractivity contribution >= 4 is 15.9 Å². The Labute approximate surface area is 166 Å². The summed E-state index contributed by atoms with van der Waals surface area (Å²) >= 11 is 0. The molecule has 3 rings (SSSR count). The van der Waals surface area contributed by atoms with Crippen LogP contribution in [0.15, 0.2) is 33.6 Å². The third-order valence-electron chi connectivity index (χ3n) is 5.08. The predicted octanol–water partition coefficient (Wildman–Crippen LogP) is 3.84. The normalized spacial score (nSPS) is 19.1. The van der Waals surface area contributed by atoms with Crippen molar-refractivity contribution in [2.45, 2.75) is 51.0 Å². The Morgan fingerprint density at radius 1 is 1.39 bits per heavy atom. The van der Waals surface area contributed by atoms with Crippen molar-refractivity contribution in [3.63, 3.8) is 0 Å². The third kappa shape index (κ3) is 4.21. The van der Waals surface area contributed by atoms with Crippen LogP contribution >= 0.6 is 0 Å². The Morgan fingerprint density at radius 2 is 2.11 bits per heavy atom. The topological polar surface area (TPSA) is 99.2 Å². The molecule has 1 aliphatic heterocycles. The summed E-state index contributed by atoms with van der Waals surface area (Å²) in [6.45, 7) is 7.21. The summed E-state index contributed by atoms with van der Waals surface area (Å²) in [6, 6.07) is 8.65. The van der Waals surface area contributed by atoms with Gasteiger partial charge in [-0.1, -0.05) is 13.8 Å². The Morgan fingerprint density at radius 3 is 2.71 bits per heavy atom. The number of hydrogen-bond donors (Lipinski definition) is 1. The van der Waals surface area contributed by atoms with Gasteiger partial charge >= 0.3 is 0 Å². The molecule has 1 aromatic heterocycles. The van der Waals surface area contributed by atoms with E-state index < -0.39 is 10.0 Å². The minimum atomic E-state index is -3.50. The molecular formula is C20H26N4O3S. The van der Waals surface area contributed by atoms with Gasteiger partial charge < -0.3 is 9.73 Å². The van der Waals surface area contributed by atoms with E-state index in [-0.39, 0.29) is 22.5 Å². The van der Waals surface area contributed by atoms with Gasteiger partial charge in [0.25, 0.3) is 0 Å². The summed E-state index contributed by atoms with van der Waals surface area (Å²) in [5.41, 5.74) is 0.814. The highest BCUT2D eigenvalue weighted by Gasteiger charge is 2.28. The molecule has 150 valence electrons. The second kappa shape index (κ2) is 8.33. The first-order chi connectivity index (χ1) is 13.3. The largest absolute Gasteiger partial charge is 0.419 e. The molecule has 0 saturated carbocycles. The van der Waals surface area contributed by atoms with Crippen molar-refractivity contribution in [3.05, 3.63) is 30.0 Å². The van der Waals surface area contributed by atoms with Gasteiger partial charge in [0.1, 0.15) is 6.07 Å². The lowest BCUT2D eigenvalue weighted by Crippen LogP contribution is -2.39. The van der Waals surface area contributed by atoms with Gasteiger partial charge in [0.15, 0.2) is 0 Å². The second-order valence-electron chi connectivity index (χ2n) is 7.40. The Balaban J connectivity index is 1.84. The van der Waals surface area contributed by atoms with Crippen LogP contribution in [0, 0.1) is 17.2 Å². The van der Waals surface area contributed by atoms with Crippen molar-refractivity contribution in [3.8, 4) is 17.5 Å². The van der Waals surface area contributed by atoms with E-state index in [1.165, 1.54) is 0 Å². The fraction of sp³-hybridized carbons (Fsp3) is 0.500. The smallest absolute Gasteiger partial charge is 0.243 e. The lowest BCUT2D eigenvalue weighted by molar-refractivity contribution is 0.281. The first kappa shape index (κ1) is 20.4. The molecule has 1 saturated heterocycles. The first-order valence-corrected chi connectivity index (χ1v) is 11.1. The summed E-state index contributed by atoms with van der Waals surface area (Å²) in [5.74, 6) is 1.000. The standard InChI is InChI=1S/C20H26N4O3S/c1-4-15(3)22-20-18(12-21)23-19(27-20)16-7-9-17(10-8-16)28(25,26)24-11-5-6-14(2)13-24/h7-10,14-15,22H,4-6,11,13H2,1-3H3/t14-,15+/m0/s1. The Kier molecular flexibility index (Phi) is 6.06. The molecule has 0 amide bonds. The molecule has 0 aliphatic carbocycles. The summed E-state index contributed by atoms with van der Waals surface area (Å²) in [6.07, 6.45) is 2.82. The molecule has 2 atom stereocenters. The van der Waals surface area contributed by atoms with E-state index >= 15 is 0 Å². The SMILES string of the molecule is CC[C@@H](C)Nc1oc(-c2ccc(S(=O)(=O)N3CCC[C@H](C)C3)cc2)nc1C#N. The van der Waals surface area contributed by atoms with E-state index in [1.54, 1.807) is 28.6 Å². The molecular weight excluding hydrogens is 376 g/mol. The van der Waals surface area contributed by atoms with Crippen LogP contribution in [0.2, 0.25) is 0 Å². The second-order valence-corrected chi connectivity index (χ2v) is 9.33. The lowest BCUT2D eigenvalue weighted by atomic mass is 10.0. The van der Waals surface area contributed by atoms with Gasteiger partial charge in [-0.3, -0.25) is 0 Å². The fourth-order valence-corrected chi connectivity index (χ4v) is 4.82. The van der Waals surface area contributed by atoms with Gasteiger partial charge in [-0.2, -0.15) is 14.6 Å². The van der Waals surface area contributed by atoms with E-state index in [0.717, 1.165) is 19.3 Å². The van der Waals surface area contributed by atoms with E-state index in [2.05, 4.69) is 17.2 Å². The van der Waals surface area contributed by atoms with Crippen LogP contribution in [0.4, 0.5) is 5.88 Å². The number of nitriles is 1. The van der Waals surface area contributed by atoms with Gasteiger partial charge in [-0.15, -0.1) is 0 Å². The van der Waals surface area contributed by atoms with Gasteiger partial charge in [0.05, 0.1) is 4.90 Å². The molecule has 1 fully saturated rings. The fourth-order valence-electron chi connectivity index (χ4n) is 3.23. The number of piperidine rings is 1. The molecule has 1 N–H and O–H groups in total. The van der Waals surface area contributed by atoms with Crippen LogP contribution < -0.4 is 5.32 Å². The lowest BCUT2D eigenvalue weighted by Gasteiger charge is -2.30. The first-order valence-electron chi connectivity index (χ1n) is 9.63. The van der Waals surface area contributed by atoms with Crippen LogP contribution in [0.1, 0.15) is 45.7 Å². The molecule has 0 unspecified atom stereocenters. The van der Waals surface area contributed by atoms with E-state index in [1.807, 2.05) is 19.9 Å². The summed E-state index contributed by atoms with van der Waals surface area (Å²) in [4.78, 5) is 4.49. The van der Waals surface area contributed by atoms with Gasteiger partial charge in [-0.25, -0.2) is 8.42 Å². The molecule has 7 nitrogen and oxygen atoms in total. The monoisotopic (exact) mass is 402 g/mol. The minimum Gasteiger partial charge on any atom is -0.419 e.